The van der Waals surface area contributed by atoms with Crippen LogP contribution in [0.25, 0.3) is 34.1 Å². The van der Waals surface area contributed by atoms with E-state index >= 15 is 0 Å². The summed E-state index contributed by atoms with van der Waals surface area (Å²) in [4.78, 5) is 26.1. The van der Waals surface area contributed by atoms with Gasteiger partial charge >= 0.3 is 5.76 Å². The Hall–Kier alpha value is -3.04. The Bertz CT molecular complexity index is 1480. The van der Waals surface area contributed by atoms with Crippen LogP contribution in [0.5, 0.6) is 0 Å². The number of H-pyrrole nitrogens is 1. The lowest BCUT2D eigenvalue weighted by molar-refractivity contribution is 0.0730. The first-order valence-electron chi connectivity index (χ1n) is 13.7. The molecule has 4 aromatic rings. The largest absolute Gasteiger partial charge is 0.434 e. The summed E-state index contributed by atoms with van der Waals surface area (Å²) >= 11 is 6.39. The molecule has 1 unspecified atom stereocenters. The van der Waals surface area contributed by atoms with Gasteiger partial charge in [-0.25, -0.2) is 24.8 Å². The molecule has 0 bridgehead atoms. The lowest BCUT2D eigenvalue weighted by atomic mass is 9.82. The third-order valence-corrected chi connectivity index (χ3v) is 8.53. The summed E-state index contributed by atoms with van der Waals surface area (Å²) in [7, 11) is 0. The molecule has 0 saturated heterocycles. The molecule has 0 radical (unpaired) electrons. The van der Waals surface area contributed by atoms with Crippen LogP contribution in [0.2, 0.25) is 5.02 Å². The monoisotopic (exact) mass is 536 g/mol. The minimum Gasteiger partial charge on any atom is -0.385 e. The molecule has 0 aliphatic heterocycles. The second kappa shape index (κ2) is 10.6. The number of nitrogens with one attached hydrogen (secondary N) is 1. The van der Waals surface area contributed by atoms with Crippen molar-refractivity contribution in [2.75, 3.05) is 0 Å². The predicted octanol–water partition coefficient (Wildman–Crippen LogP) is 5.93. The number of imidazole rings is 1. The second-order valence-corrected chi connectivity index (χ2v) is 11.5. The Morgan fingerprint density at radius 2 is 1.89 bits per heavy atom. The van der Waals surface area contributed by atoms with E-state index in [0.29, 0.717) is 28.1 Å². The number of nitrogens with zero attached hydrogens (tertiary/aromatic N) is 5. The minimum absolute atomic E-state index is 0.00891. The van der Waals surface area contributed by atoms with Gasteiger partial charge in [0.1, 0.15) is 23.1 Å². The number of hydrogen-bond acceptors (Lipinski definition) is 7. The highest BCUT2D eigenvalue weighted by Crippen LogP contribution is 2.39. The summed E-state index contributed by atoms with van der Waals surface area (Å²) in [6.45, 7) is 3.07. The van der Waals surface area contributed by atoms with Crippen LogP contribution in [-0.4, -0.2) is 34.8 Å². The van der Waals surface area contributed by atoms with Crippen LogP contribution in [-0.2, 0) is 6.54 Å². The maximum absolute atomic E-state index is 11.7. The lowest BCUT2D eigenvalue weighted by Crippen LogP contribution is -2.23. The molecular formula is C28H33ClN6O3. The van der Waals surface area contributed by atoms with Crippen LogP contribution < -0.4 is 5.76 Å². The molecule has 1 atom stereocenters. The number of halogens is 1. The van der Waals surface area contributed by atoms with Crippen LogP contribution in [0.4, 0.5) is 0 Å². The molecule has 6 rings (SSSR count). The third-order valence-electron chi connectivity index (χ3n) is 8.30. The average Bonchev–Trinajstić information content (AvgIpc) is 3.53. The zero-order chi connectivity index (χ0) is 26.2. The fourth-order valence-electron chi connectivity index (χ4n) is 6.15. The minimum atomic E-state index is -0.689. The van der Waals surface area contributed by atoms with Gasteiger partial charge < -0.3 is 14.1 Å². The van der Waals surface area contributed by atoms with Crippen molar-refractivity contribution in [2.45, 2.75) is 77.4 Å². The molecule has 2 fully saturated rings. The molecule has 200 valence electrons. The summed E-state index contributed by atoms with van der Waals surface area (Å²) in [5.74, 6) is 1.50. The highest BCUT2D eigenvalue weighted by atomic mass is 35.5. The number of aliphatic hydroxyl groups is 1. The van der Waals surface area contributed by atoms with Gasteiger partial charge in [0.25, 0.3) is 5.89 Å². The quantitative estimate of drug-likeness (QED) is 0.313. The smallest absolute Gasteiger partial charge is 0.385 e. The normalized spacial score (nSPS) is 21.7. The van der Waals surface area contributed by atoms with Crippen LogP contribution in [0.3, 0.4) is 0 Å². The Labute approximate surface area is 225 Å². The molecule has 2 N–H and O–H groups in total. The third kappa shape index (κ3) is 5.01. The highest BCUT2D eigenvalue weighted by molar-refractivity contribution is 6.30. The molecule has 0 amide bonds. The molecule has 9 nitrogen and oxygen atoms in total. The SMILES string of the molecule is C[C@H]1CC[C@H](Cn2c(C(O)C3CCCCC3)nc3nc(-c4n[nH]c(=O)o4)nc(-c4cccc(Cl)c4)c32)CC1. The predicted molar refractivity (Wildman–Crippen MR) is 145 cm³/mol. The van der Waals surface area contributed by atoms with E-state index in [1.54, 1.807) is 0 Å². The second-order valence-electron chi connectivity index (χ2n) is 11.0. The van der Waals surface area contributed by atoms with Gasteiger partial charge in [0.05, 0.1) is 0 Å². The van der Waals surface area contributed by atoms with Gasteiger partial charge in [0.2, 0.25) is 5.82 Å². The van der Waals surface area contributed by atoms with E-state index in [9.17, 15) is 9.90 Å². The molecule has 10 heteroatoms. The van der Waals surface area contributed by atoms with Crippen molar-refractivity contribution in [3.63, 3.8) is 0 Å². The fourth-order valence-corrected chi connectivity index (χ4v) is 6.34. The molecule has 2 aliphatic rings. The molecule has 3 aromatic heterocycles. The first-order valence-corrected chi connectivity index (χ1v) is 14.1. The summed E-state index contributed by atoms with van der Waals surface area (Å²) in [6, 6.07) is 7.48. The molecule has 38 heavy (non-hydrogen) atoms. The average molecular weight is 537 g/mol. The zero-order valence-electron chi connectivity index (χ0n) is 21.6. The Morgan fingerprint density at radius 1 is 1.11 bits per heavy atom. The van der Waals surface area contributed by atoms with Gasteiger partial charge in [-0.1, -0.05) is 62.8 Å². The number of fused-ring (bicyclic) bond motifs is 1. The molecule has 1 aromatic carbocycles. The summed E-state index contributed by atoms with van der Waals surface area (Å²) in [5, 5.41) is 18.5. The number of benzene rings is 1. The van der Waals surface area contributed by atoms with E-state index in [0.717, 1.165) is 62.1 Å². The van der Waals surface area contributed by atoms with Crippen molar-refractivity contribution in [1.29, 1.82) is 0 Å². The summed E-state index contributed by atoms with van der Waals surface area (Å²) < 4.78 is 7.35. The molecule has 0 spiro atoms. The Balaban J connectivity index is 1.55. The van der Waals surface area contributed by atoms with Crippen LogP contribution in [0.15, 0.2) is 33.5 Å². The number of hydrogen-bond donors (Lipinski definition) is 2. The maximum Gasteiger partial charge on any atom is 0.434 e. The highest BCUT2D eigenvalue weighted by Gasteiger charge is 2.31. The van der Waals surface area contributed by atoms with Crippen molar-refractivity contribution < 1.29 is 9.52 Å². The fraction of sp³-hybridized carbons (Fsp3) is 0.536. The number of aliphatic hydroxyl groups excluding tert-OH is 1. The van der Waals surface area contributed by atoms with Crippen molar-refractivity contribution in [1.82, 2.24) is 29.7 Å². The van der Waals surface area contributed by atoms with Crippen molar-refractivity contribution in [2.24, 2.45) is 17.8 Å². The standard InChI is InChI=1S/C28H33ClN6O3/c1-16-10-12-17(13-11-16)15-35-22-21(19-8-5-9-20(29)14-19)30-25(27-33-34-28(37)38-27)31-24(22)32-26(35)23(36)18-6-3-2-4-7-18/h5,8-9,14,16-18,23,36H,2-4,6-7,10-13,15H2,1H3,(H,34,37)/t16-,17-,23?. The molecule has 2 saturated carbocycles. The van der Waals surface area contributed by atoms with Gasteiger partial charge in [-0.05, 0) is 55.6 Å². The Morgan fingerprint density at radius 3 is 2.61 bits per heavy atom. The van der Waals surface area contributed by atoms with Crippen molar-refractivity contribution >= 4 is 22.8 Å². The molecular weight excluding hydrogens is 504 g/mol. The van der Waals surface area contributed by atoms with Gasteiger partial charge in [0.15, 0.2) is 5.65 Å². The van der Waals surface area contributed by atoms with E-state index in [1.165, 1.54) is 19.3 Å². The number of aromatic amines is 1. The zero-order valence-corrected chi connectivity index (χ0v) is 22.3. The summed E-state index contributed by atoms with van der Waals surface area (Å²) in [6.07, 6.45) is 9.44. The topological polar surface area (TPSA) is 123 Å². The van der Waals surface area contributed by atoms with Gasteiger partial charge in [0, 0.05) is 17.1 Å². The number of aromatic nitrogens is 6. The first-order chi connectivity index (χ1) is 18.5. The van der Waals surface area contributed by atoms with Crippen LogP contribution >= 0.6 is 11.6 Å². The van der Waals surface area contributed by atoms with E-state index in [4.69, 9.17) is 26.0 Å². The maximum atomic E-state index is 11.7. The Kier molecular flexibility index (Phi) is 7.05. The van der Waals surface area contributed by atoms with Crippen molar-refractivity contribution in [3.05, 3.63) is 45.7 Å². The van der Waals surface area contributed by atoms with E-state index in [-0.39, 0.29) is 17.6 Å². The van der Waals surface area contributed by atoms with E-state index < -0.39 is 11.9 Å². The molecule has 2 aliphatic carbocycles. The summed E-state index contributed by atoms with van der Waals surface area (Å²) in [5.41, 5.74) is 2.63. The van der Waals surface area contributed by atoms with Crippen LogP contribution in [0, 0.1) is 17.8 Å². The lowest BCUT2D eigenvalue weighted by Gasteiger charge is -2.30. The van der Waals surface area contributed by atoms with E-state index in [1.807, 2.05) is 24.3 Å². The van der Waals surface area contributed by atoms with Gasteiger partial charge in [-0.15, -0.1) is 5.10 Å². The molecule has 3 heterocycles. The van der Waals surface area contributed by atoms with Crippen LogP contribution in [0.1, 0.15) is 76.6 Å². The van der Waals surface area contributed by atoms with Gasteiger partial charge in [-0.2, -0.15) is 0 Å². The van der Waals surface area contributed by atoms with Gasteiger partial charge in [-0.3, -0.25) is 0 Å². The van der Waals surface area contributed by atoms with E-state index in [2.05, 4.69) is 26.7 Å². The first kappa shape index (κ1) is 25.2. The number of rotatable bonds is 6. The van der Waals surface area contributed by atoms with Crippen molar-refractivity contribution in [3.8, 4) is 23.0 Å².